The number of likely N-dealkylation sites (tertiary alicyclic amines) is 1. The number of aromatic nitrogens is 3. The molecule has 0 radical (unpaired) electrons. The second-order valence-corrected chi connectivity index (χ2v) is 8.43. The average Bonchev–Trinajstić information content (AvgIpc) is 3.46. The van der Waals surface area contributed by atoms with Gasteiger partial charge >= 0.3 is 0 Å². The van der Waals surface area contributed by atoms with Gasteiger partial charge in [0.15, 0.2) is 0 Å². The number of aromatic amines is 1. The first kappa shape index (κ1) is 17.8. The van der Waals surface area contributed by atoms with Gasteiger partial charge in [0, 0.05) is 35.6 Å². The summed E-state index contributed by atoms with van der Waals surface area (Å²) in [4.78, 5) is 7.09. The predicted molar refractivity (Wildman–Crippen MR) is 116 cm³/mol. The molecule has 5 rings (SSSR count). The highest BCUT2D eigenvalue weighted by Crippen LogP contribution is 2.30. The number of rotatable bonds is 6. The van der Waals surface area contributed by atoms with Crippen LogP contribution in [0.5, 0.6) is 0 Å². The number of hydrogen-bond donors (Lipinski definition) is 2. The molecule has 2 aromatic heterocycles. The Morgan fingerprint density at radius 2 is 2.00 bits per heavy atom. The fourth-order valence-electron chi connectivity index (χ4n) is 4.23. The summed E-state index contributed by atoms with van der Waals surface area (Å²) < 4.78 is 5.63. The van der Waals surface area contributed by atoms with E-state index in [9.17, 15) is 0 Å². The normalized spacial score (nSPS) is 16.3. The largest absolute Gasteiger partial charge is 0.361 e. The van der Waals surface area contributed by atoms with E-state index in [-0.39, 0.29) is 6.04 Å². The Balaban J connectivity index is 1.37. The van der Waals surface area contributed by atoms with Crippen LogP contribution in [-0.2, 0) is 7.05 Å². The standard InChI is InChI=1S/C22H25N5S/c1-26-20-7-3-2-6-18(20)22(25-26)21(27-12-4-5-13-27)15-24-28-17-9-8-16-10-11-23-19(16)14-17/h2-3,6-11,14,21,23-24H,4-5,12-13,15H2,1H3. The molecule has 28 heavy (non-hydrogen) atoms. The molecule has 3 heterocycles. The topological polar surface area (TPSA) is 48.9 Å². The van der Waals surface area contributed by atoms with Crippen molar-refractivity contribution in [1.82, 2.24) is 24.4 Å². The summed E-state index contributed by atoms with van der Waals surface area (Å²) in [5, 5.41) is 7.43. The first-order chi connectivity index (χ1) is 13.8. The average molecular weight is 392 g/mol. The van der Waals surface area contributed by atoms with Crippen molar-refractivity contribution in [2.24, 2.45) is 7.05 Å². The van der Waals surface area contributed by atoms with Gasteiger partial charge in [-0.2, -0.15) is 5.10 Å². The molecule has 2 aromatic carbocycles. The van der Waals surface area contributed by atoms with Crippen LogP contribution in [0.3, 0.4) is 0 Å². The van der Waals surface area contributed by atoms with E-state index in [0.717, 1.165) is 19.6 Å². The van der Waals surface area contributed by atoms with Gasteiger partial charge in [-0.25, -0.2) is 0 Å². The van der Waals surface area contributed by atoms with E-state index in [0.29, 0.717) is 0 Å². The Hall–Kier alpha value is -2.28. The Morgan fingerprint density at radius 1 is 1.14 bits per heavy atom. The number of hydrogen-bond acceptors (Lipinski definition) is 4. The maximum absolute atomic E-state index is 4.92. The van der Waals surface area contributed by atoms with Crippen LogP contribution in [0.15, 0.2) is 59.6 Å². The zero-order valence-corrected chi connectivity index (χ0v) is 16.9. The summed E-state index contributed by atoms with van der Waals surface area (Å²) in [5.74, 6) is 0. The van der Waals surface area contributed by atoms with Gasteiger partial charge in [0.05, 0.1) is 17.3 Å². The first-order valence-corrected chi connectivity index (χ1v) is 10.7. The monoisotopic (exact) mass is 391 g/mol. The third-order valence-corrected chi connectivity index (χ3v) is 6.48. The minimum atomic E-state index is 0.287. The van der Waals surface area contributed by atoms with E-state index in [2.05, 4.69) is 63.1 Å². The van der Waals surface area contributed by atoms with E-state index >= 15 is 0 Å². The molecular weight excluding hydrogens is 366 g/mol. The van der Waals surface area contributed by atoms with Crippen molar-refractivity contribution in [1.29, 1.82) is 0 Å². The number of H-pyrrole nitrogens is 1. The maximum atomic E-state index is 4.92. The van der Waals surface area contributed by atoms with Crippen LogP contribution in [-0.4, -0.2) is 39.3 Å². The molecule has 2 N–H and O–H groups in total. The minimum Gasteiger partial charge on any atom is -0.361 e. The van der Waals surface area contributed by atoms with Crippen molar-refractivity contribution < 1.29 is 0 Å². The highest BCUT2D eigenvalue weighted by Gasteiger charge is 2.27. The van der Waals surface area contributed by atoms with Gasteiger partial charge in [-0.1, -0.05) is 24.3 Å². The quantitative estimate of drug-likeness (QED) is 0.476. The molecule has 1 fully saturated rings. The van der Waals surface area contributed by atoms with Crippen LogP contribution >= 0.6 is 11.9 Å². The van der Waals surface area contributed by atoms with E-state index < -0.39 is 0 Å². The van der Waals surface area contributed by atoms with E-state index in [1.807, 2.05) is 17.9 Å². The second kappa shape index (κ2) is 7.62. The lowest BCUT2D eigenvalue weighted by Crippen LogP contribution is -2.32. The third kappa shape index (κ3) is 3.32. The van der Waals surface area contributed by atoms with Gasteiger partial charge in [-0.15, -0.1) is 0 Å². The van der Waals surface area contributed by atoms with Gasteiger partial charge in [0.25, 0.3) is 0 Å². The van der Waals surface area contributed by atoms with Gasteiger partial charge in [-0.3, -0.25) is 14.3 Å². The summed E-state index contributed by atoms with van der Waals surface area (Å²) in [6.07, 6.45) is 4.54. The van der Waals surface area contributed by atoms with Gasteiger partial charge in [-0.05, 0) is 67.5 Å². The highest BCUT2D eigenvalue weighted by atomic mass is 32.2. The third-order valence-electron chi connectivity index (χ3n) is 5.68. The van der Waals surface area contributed by atoms with Crippen molar-refractivity contribution in [2.75, 3.05) is 19.6 Å². The van der Waals surface area contributed by atoms with Gasteiger partial charge in [0.2, 0.25) is 0 Å². The molecule has 4 aromatic rings. The number of benzene rings is 2. The molecule has 1 aliphatic heterocycles. The number of nitrogens with zero attached hydrogens (tertiary/aromatic N) is 3. The first-order valence-electron chi connectivity index (χ1n) is 9.92. The fraction of sp³-hybridized carbons (Fsp3) is 0.318. The Bertz CT molecular complexity index is 1090. The van der Waals surface area contributed by atoms with Crippen LogP contribution in [0.1, 0.15) is 24.6 Å². The van der Waals surface area contributed by atoms with Crippen molar-refractivity contribution in [3.63, 3.8) is 0 Å². The molecule has 1 saturated heterocycles. The zero-order chi connectivity index (χ0) is 18.9. The van der Waals surface area contributed by atoms with Gasteiger partial charge in [0.1, 0.15) is 0 Å². The highest BCUT2D eigenvalue weighted by molar-refractivity contribution is 7.97. The summed E-state index contributed by atoms with van der Waals surface area (Å²) in [7, 11) is 2.04. The Kier molecular flexibility index (Phi) is 4.84. The van der Waals surface area contributed by atoms with Crippen LogP contribution < -0.4 is 4.72 Å². The molecule has 0 bridgehead atoms. The van der Waals surface area contributed by atoms with Gasteiger partial charge < -0.3 is 4.98 Å². The number of nitrogens with one attached hydrogen (secondary N) is 2. The molecule has 144 valence electrons. The lowest BCUT2D eigenvalue weighted by molar-refractivity contribution is 0.243. The van der Waals surface area contributed by atoms with E-state index in [4.69, 9.17) is 5.10 Å². The second-order valence-electron chi connectivity index (χ2n) is 7.46. The Labute approximate surface area is 169 Å². The molecule has 6 heteroatoms. The van der Waals surface area contributed by atoms with Crippen molar-refractivity contribution in [3.05, 3.63) is 60.4 Å². The number of fused-ring (bicyclic) bond motifs is 2. The SMILES string of the molecule is Cn1nc(C(CNSc2ccc3cc[nH]c3c2)N2CCCC2)c2ccccc21. The molecule has 0 saturated carbocycles. The summed E-state index contributed by atoms with van der Waals surface area (Å²) in [5.41, 5.74) is 3.57. The number of para-hydroxylation sites is 1. The van der Waals surface area contributed by atoms with Crippen LogP contribution in [0, 0.1) is 0 Å². The molecule has 1 unspecified atom stereocenters. The molecule has 0 amide bonds. The summed E-state index contributed by atoms with van der Waals surface area (Å²) in [6, 6.07) is 17.5. The minimum absolute atomic E-state index is 0.287. The van der Waals surface area contributed by atoms with Crippen LogP contribution in [0.4, 0.5) is 0 Å². The Morgan fingerprint density at radius 3 is 2.89 bits per heavy atom. The van der Waals surface area contributed by atoms with Crippen molar-refractivity contribution in [2.45, 2.75) is 23.8 Å². The van der Waals surface area contributed by atoms with E-state index in [1.54, 1.807) is 11.9 Å². The smallest absolute Gasteiger partial charge is 0.0888 e. The summed E-state index contributed by atoms with van der Waals surface area (Å²) >= 11 is 1.70. The summed E-state index contributed by atoms with van der Waals surface area (Å²) in [6.45, 7) is 3.17. The lowest BCUT2D eigenvalue weighted by atomic mass is 10.1. The van der Waals surface area contributed by atoms with Crippen molar-refractivity contribution in [3.8, 4) is 0 Å². The fourth-order valence-corrected chi connectivity index (χ4v) is 4.95. The lowest BCUT2D eigenvalue weighted by Gasteiger charge is -2.26. The van der Waals surface area contributed by atoms with E-state index in [1.165, 1.54) is 45.2 Å². The molecule has 1 aliphatic rings. The molecule has 0 aliphatic carbocycles. The molecular formula is C22H25N5S. The zero-order valence-electron chi connectivity index (χ0n) is 16.1. The molecule has 0 spiro atoms. The number of aryl methyl sites for hydroxylation is 1. The van der Waals surface area contributed by atoms with Crippen LogP contribution in [0.2, 0.25) is 0 Å². The maximum Gasteiger partial charge on any atom is 0.0888 e. The molecule has 1 atom stereocenters. The van der Waals surface area contributed by atoms with Crippen LogP contribution in [0.25, 0.3) is 21.8 Å². The molecule has 5 nitrogen and oxygen atoms in total. The van der Waals surface area contributed by atoms with Crippen molar-refractivity contribution >= 4 is 33.8 Å². The predicted octanol–water partition coefficient (Wildman–Crippen LogP) is 4.49.